The first-order valence-corrected chi connectivity index (χ1v) is 8.96. The third kappa shape index (κ3) is 5.03. The van der Waals surface area contributed by atoms with Gasteiger partial charge in [0.05, 0.1) is 24.7 Å². The number of nitrogens with zero attached hydrogens (tertiary/aromatic N) is 2. The van der Waals surface area contributed by atoms with E-state index in [1.807, 2.05) is 18.7 Å². The molecule has 0 saturated carbocycles. The Bertz CT molecular complexity index is 407. The molecule has 1 unspecified atom stereocenters. The molecular formula is C13H26N2O4S. The van der Waals surface area contributed by atoms with Gasteiger partial charge in [0.2, 0.25) is 5.91 Å². The maximum atomic E-state index is 12.4. The number of hydrogen-bond acceptors (Lipinski definition) is 5. The van der Waals surface area contributed by atoms with Crippen LogP contribution in [0.25, 0.3) is 0 Å². The second-order valence-electron chi connectivity index (χ2n) is 5.10. The van der Waals surface area contributed by atoms with Gasteiger partial charge in [0.25, 0.3) is 0 Å². The Hall–Kier alpha value is -0.660. The van der Waals surface area contributed by atoms with Crippen LogP contribution in [-0.2, 0) is 19.4 Å². The molecule has 1 amide bonds. The topological polar surface area (TPSA) is 66.9 Å². The predicted molar refractivity (Wildman–Crippen MR) is 78.4 cm³/mol. The zero-order valence-electron chi connectivity index (χ0n) is 12.7. The summed E-state index contributed by atoms with van der Waals surface area (Å²) in [7, 11) is -1.41. The summed E-state index contributed by atoms with van der Waals surface area (Å²) in [6, 6.07) is -0.196. The van der Waals surface area contributed by atoms with Gasteiger partial charge in [-0.25, -0.2) is 8.42 Å². The SMILES string of the molecule is CCN(CC)CC(=O)N(CCOC)C1CCS(=O)(=O)C1. The average molecular weight is 306 g/mol. The van der Waals surface area contributed by atoms with Crippen LogP contribution in [0.3, 0.4) is 0 Å². The molecule has 20 heavy (non-hydrogen) atoms. The van der Waals surface area contributed by atoms with Crippen molar-refractivity contribution in [3.63, 3.8) is 0 Å². The number of hydrogen-bond donors (Lipinski definition) is 0. The number of sulfone groups is 1. The Morgan fingerprint density at radius 1 is 1.30 bits per heavy atom. The van der Waals surface area contributed by atoms with Crippen LogP contribution in [0.5, 0.6) is 0 Å². The molecule has 1 saturated heterocycles. The molecule has 1 aliphatic heterocycles. The maximum Gasteiger partial charge on any atom is 0.237 e. The van der Waals surface area contributed by atoms with E-state index in [9.17, 15) is 13.2 Å². The molecule has 0 aromatic heterocycles. The summed E-state index contributed by atoms with van der Waals surface area (Å²) in [6.07, 6.45) is 0.538. The first kappa shape index (κ1) is 17.4. The zero-order valence-corrected chi connectivity index (χ0v) is 13.5. The van der Waals surface area contributed by atoms with Crippen LogP contribution in [0.15, 0.2) is 0 Å². The Morgan fingerprint density at radius 3 is 2.40 bits per heavy atom. The minimum Gasteiger partial charge on any atom is -0.383 e. The minimum atomic E-state index is -2.99. The Kier molecular flexibility index (Phi) is 6.91. The van der Waals surface area contributed by atoms with Crippen LogP contribution in [0.1, 0.15) is 20.3 Å². The monoisotopic (exact) mass is 306 g/mol. The lowest BCUT2D eigenvalue weighted by Crippen LogP contribution is -2.47. The van der Waals surface area contributed by atoms with Gasteiger partial charge in [0.1, 0.15) is 0 Å². The molecule has 118 valence electrons. The molecule has 1 heterocycles. The van der Waals surface area contributed by atoms with E-state index in [-0.39, 0.29) is 23.5 Å². The van der Waals surface area contributed by atoms with Crippen LogP contribution in [0.4, 0.5) is 0 Å². The highest BCUT2D eigenvalue weighted by Crippen LogP contribution is 2.18. The number of carbonyl (C=O) groups excluding carboxylic acids is 1. The number of ether oxygens (including phenoxy) is 1. The first-order valence-electron chi connectivity index (χ1n) is 7.14. The normalized spacial score (nSPS) is 21.3. The van der Waals surface area contributed by atoms with Crippen molar-refractivity contribution in [2.45, 2.75) is 26.3 Å². The predicted octanol–water partition coefficient (Wildman–Crippen LogP) is -0.00970. The molecule has 1 rings (SSSR count). The molecule has 0 bridgehead atoms. The van der Waals surface area contributed by atoms with Gasteiger partial charge in [0, 0.05) is 19.7 Å². The van der Waals surface area contributed by atoms with Gasteiger partial charge in [0.15, 0.2) is 9.84 Å². The molecule has 1 aliphatic rings. The number of amides is 1. The van der Waals surface area contributed by atoms with Gasteiger partial charge < -0.3 is 9.64 Å². The number of rotatable bonds is 8. The third-order valence-corrected chi connectivity index (χ3v) is 5.51. The van der Waals surface area contributed by atoms with Crippen molar-refractivity contribution in [1.29, 1.82) is 0 Å². The highest BCUT2D eigenvalue weighted by atomic mass is 32.2. The van der Waals surface area contributed by atoms with Gasteiger partial charge in [-0.1, -0.05) is 13.8 Å². The second-order valence-corrected chi connectivity index (χ2v) is 7.33. The van der Waals surface area contributed by atoms with E-state index in [0.717, 1.165) is 13.1 Å². The molecule has 1 atom stereocenters. The summed E-state index contributed by atoms with van der Waals surface area (Å²) in [5.41, 5.74) is 0. The van der Waals surface area contributed by atoms with E-state index >= 15 is 0 Å². The molecule has 0 spiro atoms. The van der Waals surface area contributed by atoms with Gasteiger partial charge in [-0.05, 0) is 19.5 Å². The van der Waals surface area contributed by atoms with E-state index in [0.29, 0.717) is 26.1 Å². The third-order valence-electron chi connectivity index (χ3n) is 3.76. The molecule has 0 N–H and O–H groups in total. The number of likely N-dealkylation sites (N-methyl/N-ethyl adjacent to an activating group) is 1. The van der Waals surface area contributed by atoms with Crippen molar-refractivity contribution in [3.8, 4) is 0 Å². The lowest BCUT2D eigenvalue weighted by atomic mass is 10.2. The molecule has 1 fully saturated rings. The van der Waals surface area contributed by atoms with Crippen molar-refractivity contribution >= 4 is 15.7 Å². The van der Waals surface area contributed by atoms with E-state index in [2.05, 4.69) is 0 Å². The average Bonchev–Trinajstić information content (AvgIpc) is 2.76. The highest BCUT2D eigenvalue weighted by molar-refractivity contribution is 7.91. The number of methoxy groups -OCH3 is 1. The minimum absolute atomic E-state index is 0.00662. The summed E-state index contributed by atoms with van der Waals surface area (Å²) in [6.45, 7) is 6.86. The highest BCUT2D eigenvalue weighted by Gasteiger charge is 2.34. The molecule has 0 aliphatic carbocycles. The Labute approximate surface area is 122 Å². The van der Waals surface area contributed by atoms with Crippen molar-refractivity contribution in [2.24, 2.45) is 0 Å². The van der Waals surface area contributed by atoms with Gasteiger partial charge >= 0.3 is 0 Å². The molecular weight excluding hydrogens is 280 g/mol. The van der Waals surface area contributed by atoms with E-state index in [1.54, 1.807) is 12.0 Å². The summed E-state index contributed by atoms with van der Waals surface area (Å²) in [5.74, 6) is 0.258. The largest absolute Gasteiger partial charge is 0.383 e. The molecule has 6 nitrogen and oxygen atoms in total. The molecule has 7 heteroatoms. The molecule has 0 aromatic rings. The summed E-state index contributed by atoms with van der Waals surface area (Å²) < 4.78 is 28.2. The smallest absolute Gasteiger partial charge is 0.237 e. The lowest BCUT2D eigenvalue weighted by molar-refractivity contribution is -0.135. The van der Waals surface area contributed by atoms with Crippen LogP contribution >= 0.6 is 0 Å². The Morgan fingerprint density at radius 2 is 1.95 bits per heavy atom. The van der Waals surface area contributed by atoms with Crippen LogP contribution in [0.2, 0.25) is 0 Å². The van der Waals surface area contributed by atoms with Crippen LogP contribution < -0.4 is 0 Å². The quantitative estimate of drug-likeness (QED) is 0.631. The lowest BCUT2D eigenvalue weighted by Gasteiger charge is -2.30. The summed E-state index contributed by atoms with van der Waals surface area (Å²) >= 11 is 0. The van der Waals surface area contributed by atoms with Crippen molar-refractivity contribution in [2.75, 3.05) is 51.4 Å². The van der Waals surface area contributed by atoms with Crippen molar-refractivity contribution in [1.82, 2.24) is 9.80 Å². The maximum absolute atomic E-state index is 12.4. The van der Waals surface area contributed by atoms with Gasteiger partial charge in [-0.3, -0.25) is 9.69 Å². The summed E-state index contributed by atoms with van der Waals surface area (Å²) in [4.78, 5) is 16.1. The van der Waals surface area contributed by atoms with Gasteiger partial charge in [-0.2, -0.15) is 0 Å². The standard InChI is InChI=1S/C13H26N2O4S/c1-4-14(5-2)10-13(16)15(7-8-19-3)12-6-9-20(17,18)11-12/h12H,4-11H2,1-3H3. The fourth-order valence-corrected chi connectivity index (χ4v) is 4.18. The zero-order chi connectivity index (χ0) is 15.2. The molecule has 0 aromatic carbocycles. The Balaban J connectivity index is 2.70. The van der Waals surface area contributed by atoms with E-state index in [1.165, 1.54) is 0 Å². The first-order chi connectivity index (χ1) is 9.43. The molecule has 0 radical (unpaired) electrons. The fourth-order valence-electron chi connectivity index (χ4n) is 2.45. The van der Waals surface area contributed by atoms with Crippen molar-refractivity contribution in [3.05, 3.63) is 0 Å². The van der Waals surface area contributed by atoms with Gasteiger partial charge in [-0.15, -0.1) is 0 Å². The van der Waals surface area contributed by atoms with Crippen LogP contribution in [0, 0.1) is 0 Å². The van der Waals surface area contributed by atoms with Crippen molar-refractivity contribution < 1.29 is 17.9 Å². The second kappa shape index (κ2) is 7.95. The fraction of sp³-hybridized carbons (Fsp3) is 0.923. The van der Waals surface area contributed by atoms with E-state index < -0.39 is 9.84 Å². The van der Waals surface area contributed by atoms with E-state index in [4.69, 9.17) is 4.74 Å². The van der Waals surface area contributed by atoms with Crippen LogP contribution in [-0.4, -0.2) is 81.6 Å². The number of carbonyl (C=O) groups is 1. The summed E-state index contributed by atoms with van der Waals surface area (Å²) in [5, 5.41) is 0.